The predicted octanol–water partition coefficient (Wildman–Crippen LogP) is 3.19. The summed E-state index contributed by atoms with van der Waals surface area (Å²) in [5, 5.41) is 0. The number of amides is 2. The smallest absolute Gasteiger partial charge is 0.233 e. The largest absolute Gasteiger partial charge is 0.358 e. The van der Waals surface area contributed by atoms with Crippen molar-refractivity contribution in [3.05, 3.63) is 69.6 Å². The third-order valence-electron chi connectivity index (χ3n) is 12.0. The first-order valence-corrected chi connectivity index (χ1v) is 14.2. The van der Waals surface area contributed by atoms with Gasteiger partial charge in [-0.2, -0.15) is 0 Å². The number of fused-ring (bicyclic) bond motifs is 2. The number of aromatic nitrogens is 2. The van der Waals surface area contributed by atoms with E-state index in [1.165, 1.54) is 0 Å². The molecule has 2 aromatic rings. The third-order valence-corrected chi connectivity index (χ3v) is 12.0. The summed E-state index contributed by atoms with van der Waals surface area (Å²) in [6.07, 6.45) is 10.9. The number of nitrogens with zero attached hydrogens (tertiary/aromatic N) is 2. The maximum absolute atomic E-state index is 14.0. The molecule has 8 heteroatoms. The summed E-state index contributed by atoms with van der Waals surface area (Å²) < 4.78 is 0. The van der Waals surface area contributed by atoms with Gasteiger partial charge in [0.1, 0.15) is 0 Å². The van der Waals surface area contributed by atoms with Gasteiger partial charge in [0, 0.05) is 59.9 Å². The van der Waals surface area contributed by atoms with Crippen molar-refractivity contribution >= 4 is 23.4 Å². The van der Waals surface area contributed by atoms with E-state index in [0.29, 0.717) is 55.6 Å². The fourth-order valence-corrected chi connectivity index (χ4v) is 10.3. The highest BCUT2D eigenvalue weighted by Gasteiger charge is 2.79. The summed E-state index contributed by atoms with van der Waals surface area (Å²) >= 11 is 0. The molecule has 9 aliphatic rings. The third kappa shape index (κ3) is 1.99. The van der Waals surface area contributed by atoms with E-state index < -0.39 is 10.8 Å². The molecule has 4 atom stereocenters. The summed E-state index contributed by atoms with van der Waals surface area (Å²) in [7, 11) is 0. The highest BCUT2D eigenvalue weighted by Crippen LogP contribution is 2.77. The van der Waals surface area contributed by atoms with Crippen LogP contribution < -0.4 is 0 Å². The van der Waals surface area contributed by atoms with Gasteiger partial charge < -0.3 is 19.8 Å². The van der Waals surface area contributed by atoms with Crippen LogP contribution in [-0.4, -0.2) is 56.2 Å². The highest BCUT2D eigenvalue weighted by atomic mass is 16.2. The quantitative estimate of drug-likeness (QED) is 0.634. The SMILES string of the molecule is Cc1c[nH]c2c1C13CC1CN(C(=O)C14CC(C(=O)N5C[C@@H]6CC67C5=CC(=O)c5[nH]cc(C)c57)(C1)C4)C3=CC2=O. The van der Waals surface area contributed by atoms with Crippen LogP contribution >= 0.6 is 0 Å². The molecule has 11 rings (SSSR count). The molecule has 7 fully saturated rings. The van der Waals surface area contributed by atoms with Gasteiger partial charge in [0.15, 0.2) is 0 Å². The second-order valence-electron chi connectivity index (χ2n) is 13.9. The zero-order valence-corrected chi connectivity index (χ0v) is 21.9. The van der Waals surface area contributed by atoms with Crippen molar-refractivity contribution < 1.29 is 19.2 Å². The van der Waals surface area contributed by atoms with Gasteiger partial charge in [-0.25, -0.2) is 0 Å². The van der Waals surface area contributed by atoms with E-state index in [1.807, 2.05) is 36.0 Å². The van der Waals surface area contributed by atoms with Crippen LogP contribution in [0.5, 0.6) is 0 Å². The summed E-state index contributed by atoms with van der Waals surface area (Å²) in [5.41, 5.74) is 6.12. The number of likely N-dealkylation sites (tertiary alicyclic amines) is 2. The number of hydrogen-bond donors (Lipinski definition) is 2. The number of hydrogen-bond acceptors (Lipinski definition) is 4. The number of rotatable bonds is 2. The summed E-state index contributed by atoms with van der Waals surface area (Å²) in [6, 6.07) is 0. The van der Waals surface area contributed by atoms with E-state index in [-0.39, 0.29) is 34.2 Å². The predicted molar refractivity (Wildman–Crippen MR) is 138 cm³/mol. The van der Waals surface area contributed by atoms with Crippen LogP contribution in [0.2, 0.25) is 0 Å². The number of H-pyrrole nitrogens is 2. The lowest BCUT2D eigenvalue weighted by atomic mass is 9.34. The molecular formula is C31H28N4O4. The van der Waals surface area contributed by atoms with Gasteiger partial charge in [-0.1, -0.05) is 0 Å². The van der Waals surface area contributed by atoms with E-state index in [1.54, 1.807) is 12.2 Å². The topological polar surface area (TPSA) is 106 Å². The van der Waals surface area contributed by atoms with E-state index in [0.717, 1.165) is 46.5 Å². The minimum absolute atomic E-state index is 0.0500. The molecular weight excluding hydrogens is 492 g/mol. The fraction of sp³-hybridized carbons (Fsp3) is 0.484. The Labute approximate surface area is 224 Å². The number of allylic oxidation sites excluding steroid dienone is 4. The van der Waals surface area contributed by atoms with Crippen molar-refractivity contribution in [2.24, 2.45) is 22.7 Å². The number of piperidine rings is 2. The molecule has 7 aliphatic carbocycles. The number of aromatic amines is 2. The van der Waals surface area contributed by atoms with Crippen molar-refractivity contribution in [3.63, 3.8) is 0 Å². The first-order chi connectivity index (χ1) is 18.7. The Bertz CT molecular complexity index is 1610. The first kappa shape index (κ1) is 21.2. The lowest BCUT2D eigenvalue weighted by Gasteiger charge is -2.69. The molecule has 196 valence electrons. The normalized spacial score (nSPS) is 40.8. The Balaban J connectivity index is 0.917. The number of aryl methyl sites for hydroxylation is 2. The molecule has 5 saturated carbocycles. The average Bonchev–Trinajstić information content (AvgIpc) is 3.45. The summed E-state index contributed by atoms with van der Waals surface area (Å²) in [6.45, 7) is 5.40. The van der Waals surface area contributed by atoms with Crippen LogP contribution in [0.25, 0.3) is 0 Å². The Kier molecular flexibility index (Phi) is 3.13. The second kappa shape index (κ2) is 5.76. The summed E-state index contributed by atoms with van der Waals surface area (Å²) in [5.74, 6) is 0.820. The monoisotopic (exact) mass is 520 g/mol. The molecule has 2 saturated heterocycles. The molecule has 2 aromatic heterocycles. The van der Waals surface area contributed by atoms with Crippen molar-refractivity contribution in [1.82, 2.24) is 19.8 Å². The number of nitrogens with one attached hydrogen (secondary N) is 2. The number of carbonyl (C=O) groups excluding carboxylic acids is 4. The molecule has 3 unspecified atom stereocenters. The van der Waals surface area contributed by atoms with Crippen LogP contribution in [0.4, 0.5) is 0 Å². The van der Waals surface area contributed by atoms with Gasteiger partial charge in [-0.05, 0) is 80.0 Å². The molecule has 2 aliphatic heterocycles. The standard InChI is InChI=1S/C31H28N4O4/c1-14-7-32-24-18(36)3-20-30(22(14)24)5-16(30)9-34(20)26(38)28-11-29(12-28,13-28)27(39)35-10-17-6-31(17)21(35)4-19(37)25-23(31)15(2)8-33-25/h3-4,7-8,16-17,32-33H,5-6,9-13H2,1-2H3/t16-,17?,28?,29?,30?,31?/m0/s1. The highest BCUT2D eigenvalue weighted by molar-refractivity contribution is 6.10. The summed E-state index contributed by atoms with van der Waals surface area (Å²) in [4.78, 5) is 63.9. The van der Waals surface area contributed by atoms with Gasteiger partial charge >= 0.3 is 0 Å². The Morgan fingerprint density at radius 2 is 1.15 bits per heavy atom. The zero-order chi connectivity index (χ0) is 26.4. The Morgan fingerprint density at radius 1 is 0.744 bits per heavy atom. The molecule has 0 aromatic carbocycles. The van der Waals surface area contributed by atoms with E-state index in [9.17, 15) is 19.2 Å². The molecule has 39 heavy (non-hydrogen) atoms. The minimum Gasteiger partial charge on any atom is -0.358 e. The van der Waals surface area contributed by atoms with Gasteiger partial charge in [-0.3, -0.25) is 19.2 Å². The van der Waals surface area contributed by atoms with E-state index in [2.05, 4.69) is 9.97 Å². The van der Waals surface area contributed by atoms with E-state index in [4.69, 9.17) is 0 Å². The van der Waals surface area contributed by atoms with Crippen molar-refractivity contribution in [1.29, 1.82) is 0 Å². The van der Waals surface area contributed by atoms with Crippen molar-refractivity contribution in [2.75, 3.05) is 13.1 Å². The molecule has 2 spiro atoms. The van der Waals surface area contributed by atoms with Crippen molar-refractivity contribution in [3.8, 4) is 0 Å². The molecule has 2 N–H and O–H groups in total. The van der Waals surface area contributed by atoms with Crippen LogP contribution in [0.15, 0.2) is 35.9 Å². The lowest BCUT2D eigenvalue weighted by Crippen LogP contribution is -2.72. The van der Waals surface area contributed by atoms with Crippen LogP contribution in [0, 0.1) is 36.5 Å². The molecule has 0 radical (unpaired) electrons. The van der Waals surface area contributed by atoms with Crippen LogP contribution in [-0.2, 0) is 20.4 Å². The fourth-order valence-electron chi connectivity index (χ4n) is 10.3. The van der Waals surface area contributed by atoms with Crippen LogP contribution in [0.3, 0.4) is 0 Å². The number of carbonyl (C=O) groups is 4. The van der Waals surface area contributed by atoms with E-state index >= 15 is 0 Å². The number of ketones is 2. The second-order valence-corrected chi connectivity index (χ2v) is 13.9. The minimum atomic E-state index is -0.494. The lowest BCUT2D eigenvalue weighted by molar-refractivity contribution is -0.219. The van der Waals surface area contributed by atoms with Gasteiger partial charge in [0.2, 0.25) is 23.4 Å². The average molecular weight is 521 g/mol. The molecule has 2 amide bonds. The zero-order valence-electron chi connectivity index (χ0n) is 21.9. The maximum Gasteiger partial charge on any atom is 0.233 e. The molecule has 8 nitrogen and oxygen atoms in total. The Hall–Kier alpha value is -3.68. The van der Waals surface area contributed by atoms with Gasteiger partial charge in [0.25, 0.3) is 0 Å². The molecule has 2 bridgehead atoms. The van der Waals surface area contributed by atoms with Crippen molar-refractivity contribution in [2.45, 2.75) is 56.8 Å². The maximum atomic E-state index is 14.0. The Morgan fingerprint density at radius 3 is 1.56 bits per heavy atom. The van der Waals surface area contributed by atoms with Gasteiger partial charge in [-0.15, -0.1) is 0 Å². The van der Waals surface area contributed by atoms with Gasteiger partial charge in [0.05, 0.1) is 22.2 Å². The molecule has 4 heterocycles. The van der Waals surface area contributed by atoms with Crippen LogP contribution in [0.1, 0.15) is 75.3 Å². The first-order valence-electron chi connectivity index (χ1n) is 14.2.